The van der Waals surface area contributed by atoms with Crippen molar-refractivity contribution in [2.24, 2.45) is 0 Å². The molecule has 0 bridgehead atoms. The smallest absolute Gasteiger partial charge is 0.407 e. The van der Waals surface area contributed by atoms with E-state index < -0.39 is 6.09 Å². The molecule has 4 rings (SSSR count). The average Bonchev–Trinajstić information content (AvgIpc) is 3.57. The number of amides is 1. The van der Waals surface area contributed by atoms with Gasteiger partial charge in [0.15, 0.2) is 11.5 Å². The van der Waals surface area contributed by atoms with Crippen molar-refractivity contribution >= 4 is 17.4 Å². The molecule has 3 heterocycles. The molecule has 1 atom stereocenters. The summed E-state index contributed by atoms with van der Waals surface area (Å²) >= 11 is 1.68. The highest BCUT2D eigenvalue weighted by Crippen LogP contribution is 2.34. The summed E-state index contributed by atoms with van der Waals surface area (Å²) in [7, 11) is 1.63. The van der Waals surface area contributed by atoms with Gasteiger partial charge in [0.25, 0.3) is 0 Å². The molecule has 1 fully saturated rings. The number of aromatic nitrogens is 2. The Morgan fingerprint density at radius 1 is 1.31 bits per heavy atom. The molecule has 1 aliphatic rings. The zero-order valence-corrected chi connectivity index (χ0v) is 18.8. The van der Waals surface area contributed by atoms with Crippen LogP contribution in [0.4, 0.5) is 4.79 Å². The van der Waals surface area contributed by atoms with Crippen LogP contribution < -0.4 is 14.8 Å². The van der Waals surface area contributed by atoms with Gasteiger partial charge < -0.3 is 24.3 Å². The van der Waals surface area contributed by atoms with Crippen LogP contribution in [0.5, 0.6) is 11.5 Å². The van der Waals surface area contributed by atoms with Gasteiger partial charge in [-0.3, -0.25) is 4.68 Å². The van der Waals surface area contributed by atoms with E-state index in [4.69, 9.17) is 18.9 Å². The molecule has 2 aromatic heterocycles. The third kappa shape index (κ3) is 5.80. The minimum absolute atomic E-state index is 0.0239. The third-order valence-electron chi connectivity index (χ3n) is 5.11. The SMILES string of the molecule is COc1ccc(-c2ccnn2CCOC(=O)NCCc2cccs2)cc1O[C@@H]1CCOC1. The molecule has 0 saturated carbocycles. The average molecular weight is 458 g/mol. The normalized spacial score (nSPS) is 15.5. The second kappa shape index (κ2) is 11.0. The highest BCUT2D eigenvalue weighted by molar-refractivity contribution is 7.09. The highest BCUT2D eigenvalue weighted by Gasteiger charge is 2.20. The fourth-order valence-corrected chi connectivity index (χ4v) is 4.20. The molecule has 8 nitrogen and oxygen atoms in total. The Bertz CT molecular complexity index is 999. The fraction of sp³-hybridized carbons (Fsp3) is 0.391. The van der Waals surface area contributed by atoms with Crippen molar-refractivity contribution in [2.75, 3.05) is 33.5 Å². The van der Waals surface area contributed by atoms with Crippen molar-refractivity contribution < 1.29 is 23.7 Å². The monoisotopic (exact) mass is 457 g/mol. The summed E-state index contributed by atoms with van der Waals surface area (Å²) in [6.07, 6.45) is 2.99. The number of nitrogens with zero attached hydrogens (tertiary/aromatic N) is 2. The van der Waals surface area contributed by atoms with E-state index in [1.807, 2.05) is 46.5 Å². The molecule has 1 aliphatic heterocycles. The zero-order chi connectivity index (χ0) is 22.2. The molecule has 0 unspecified atom stereocenters. The number of nitrogens with one attached hydrogen (secondary N) is 1. The Hall–Kier alpha value is -3.04. The maximum absolute atomic E-state index is 11.9. The molecule has 0 aliphatic carbocycles. The first-order chi connectivity index (χ1) is 15.7. The van der Waals surface area contributed by atoms with Crippen LogP contribution in [0.15, 0.2) is 48.0 Å². The summed E-state index contributed by atoms with van der Waals surface area (Å²) in [5, 5.41) is 9.18. The van der Waals surface area contributed by atoms with E-state index in [0.717, 1.165) is 24.1 Å². The van der Waals surface area contributed by atoms with E-state index in [2.05, 4.69) is 10.4 Å². The van der Waals surface area contributed by atoms with Gasteiger partial charge in [0.1, 0.15) is 12.7 Å². The molecule has 1 N–H and O–H groups in total. The van der Waals surface area contributed by atoms with Gasteiger partial charge in [0, 0.05) is 29.6 Å². The number of rotatable bonds is 10. The predicted molar refractivity (Wildman–Crippen MR) is 121 cm³/mol. The first-order valence-corrected chi connectivity index (χ1v) is 11.5. The van der Waals surface area contributed by atoms with Gasteiger partial charge in [0.2, 0.25) is 0 Å². The standard InChI is InChI=1S/C23H27N3O5S/c1-28-21-5-4-17(15-22(21)31-18-8-12-29-16-18)20-7-10-25-26(20)11-13-30-23(27)24-9-6-19-3-2-14-32-19/h2-5,7,10,14-15,18H,6,8-9,11-13,16H2,1H3,(H,24,27)/t18-/m1/s1. The predicted octanol–water partition coefficient (Wildman–Crippen LogP) is 3.76. The number of ether oxygens (including phenoxy) is 4. The number of hydrogen-bond donors (Lipinski definition) is 1. The number of carbonyl (C=O) groups is 1. The van der Waals surface area contributed by atoms with Crippen LogP contribution in [0.3, 0.4) is 0 Å². The van der Waals surface area contributed by atoms with Crippen molar-refractivity contribution in [1.29, 1.82) is 0 Å². The molecule has 170 valence electrons. The maximum atomic E-state index is 11.9. The molecule has 3 aromatic rings. The topological polar surface area (TPSA) is 83.8 Å². The third-order valence-corrected chi connectivity index (χ3v) is 6.05. The molecule has 1 saturated heterocycles. The van der Waals surface area contributed by atoms with Crippen molar-refractivity contribution in [3.63, 3.8) is 0 Å². The molecular weight excluding hydrogens is 430 g/mol. The highest BCUT2D eigenvalue weighted by atomic mass is 32.1. The minimum Gasteiger partial charge on any atom is -0.493 e. The number of methoxy groups -OCH3 is 1. The number of benzene rings is 1. The molecule has 0 radical (unpaired) electrons. The summed E-state index contributed by atoms with van der Waals surface area (Å²) in [6, 6.07) is 11.8. The van der Waals surface area contributed by atoms with Gasteiger partial charge in [0.05, 0.1) is 32.6 Å². The Balaban J connectivity index is 1.32. The largest absolute Gasteiger partial charge is 0.493 e. The maximum Gasteiger partial charge on any atom is 0.407 e. The second-order valence-electron chi connectivity index (χ2n) is 7.30. The lowest BCUT2D eigenvalue weighted by molar-refractivity contribution is 0.138. The fourth-order valence-electron chi connectivity index (χ4n) is 3.49. The van der Waals surface area contributed by atoms with E-state index in [9.17, 15) is 4.79 Å². The molecular formula is C23H27N3O5S. The number of carbonyl (C=O) groups excluding carboxylic acids is 1. The summed E-state index contributed by atoms with van der Waals surface area (Å²) in [5.74, 6) is 1.35. The zero-order valence-electron chi connectivity index (χ0n) is 18.0. The van der Waals surface area contributed by atoms with Crippen LogP contribution >= 0.6 is 11.3 Å². The number of alkyl carbamates (subject to hydrolysis) is 1. The van der Waals surface area contributed by atoms with E-state index >= 15 is 0 Å². The van der Waals surface area contributed by atoms with Crippen LogP contribution in [0.1, 0.15) is 11.3 Å². The van der Waals surface area contributed by atoms with Crippen LogP contribution in [-0.2, 0) is 22.4 Å². The van der Waals surface area contributed by atoms with Crippen LogP contribution in [0.25, 0.3) is 11.3 Å². The van der Waals surface area contributed by atoms with Crippen LogP contribution in [-0.4, -0.2) is 55.5 Å². The van der Waals surface area contributed by atoms with E-state index in [-0.39, 0.29) is 12.7 Å². The first kappa shape index (κ1) is 22.2. The van der Waals surface area contributed by atoms with Crippen molar-refractivity contribution in [3.05, 3.63) is 52.9 Å². The van der Waals surface area contributed by atoms with Gasteiger partial charge in [-0.05, 0) is 42.1 Å². The molecule has 1 amide bonds. The second-order valence-corrected chi connectivity index (χ2v) is 8.33. The van der Waals surface area contributed by atoms with Gasteiger partial charge in [-0.25, -0.2) is 4.79 Å². The number of thiophene rings is 1. The molecule has 9 heteroatoms. The van der Waals surface area contributed by atoms with Gasteiger partial charge in [-0.2, -0.15) is 5.10 Å². The Morgan fingerprint density at radius 3 is 3.03 bits per heavy atom. The van der Waals surface area contributed by atoms with Crippen molar-refractivity contribution in [3.8, 4) is 22.8 Å². The molecule has 1 aromatic carbocycles. The van der Waals surface area contributed by atoms with Crippen molar-refractivity contribution in [2.45, 2.75) is 25.5 Å². The van der Waals surface area contributed by atoms with Gasteiger partial charge >= 0.3 is 6.09 Å². The number of hydrogen-bond acceptors (Lipinski definition) is 7. The summed E-state index contributed by atoms with van der Waals surface area (Å²) < 4.78 is 24.1. The minimum atomic E-state index is -0.422. The Labute approximate surface area is 191 Å². The van der Waals surface area contributed by atoms with Crippen LogP contribution in [0.2, 0.25) is 0 Å². The first-order valence-electron chi connectivity index (χ1n) is 10.6. The Kier molecular flexibility index (Phi) is 7.63. The van der Waals surface area contributed by atoms with Gasteiger partial charge in [-0.1, -0.05) is 6.07 Å². The van der Waals surface area contributed by atoms with Crippen LogP contribution in [0, 0.1) is 0 Å². The molecule has 32 heavy (non-hydrogen) atoms. The van der Waals surface area contributed by atoms with E-state index in [0.29, 0.717) is 37.8 Å². The summed E-state index contributed by atoms with van der Waals surface area (Å²) in [6.45, 7) is 2.50. The van der Waals surface area contributed by atoms with E-state index in [1.54, 1.807) is 24.6 Å². The van der Waals surface area contributed by atoms with Crippen molar-refractivity contribution in [1.82, 2.24) is 15.1 Å². The lowest BCUT2D eigenvalue weighted by atomic mass is 10.1. The molecule has 0 spiro atoms. The lowest BCUT2D eigenvalue weighted by Gasteiger charge is -2.16. The van der Waals surface area contributed by atoms with E-state index in [1.165, 1.54) is 4.88 Å². The summed E-state index contributed by atoms with van der Waals surface area (Å²) in [5.41, 5.74) is 1.85. The van der Waals surface area contributed by atoms with Gasteiger partial charge in [-0.15, -0.1) is 11.3 Å². The lowest BCUT2D eigenvalue weighted by Crippen LogP contribution is -2.27. The Morgan fingerprint density at radius 2 is 2.25 bits per heavy atom. The quantitative estimate of drug-likeness (QED) is 0.499. The summed E-state index contributed by atoms with van der Waals surface area (Å²) in [4.78, 5) is 13.2.